The van der Waals surface area contributed by atoms with Crippen molar-refractivity contribution in [3.63, 3.8) is 0 Å². The molecule has 4 aromatic rings. The monoisotopic (exact) mass is 635 g/mol. The van der Waals surface area contributed by atoms with Gasteiger partial charge in [-0.1, -0.05) is 18.9 Å². The van der Waals surface area contributed by atoms with Crippen LogP contribution in [0.15, 0.2) is 76.7 Å². The first-order valence-electron chi connectivity index (χ1n) is 15.2. The smallest absolute Gasteiger partial charge is 0.368 e. The summed E-state index contributed by atoms with van der Waals surface area (Å²) in [4.78, 5) is 17.0. The molecule has 1 atom stereocenters. The molecular weight excluding hydrogens is 598 g/mol. The third-order valence-corrected chi connectivity index (χ3v) is 9.51. The standard InChI is InChI=1S/C31H37N7O6S/c39-31-37(18-19-43-27-5-1-2-6-27)34-35-38(31)26-10-8-25(9-11-26)33-45(41,42)29-13-14-30-24(20-29)7-12-28(44-30)22-36(40)17-15-23-4-3-16-32-21-23/h3-4,8-11,13-14,16,20-21,27-28,33,40H,1-2,5-7,12,15,17-19,22H2/t28-/m1/s1. The summed E-state index contributed by atoms with van der Waals surface area (Å²) in [5, 5.41) is 19.5. The Morgan fingerprint density at radius 1 is 1.07 bits per heavy atom. The minimum Gasteiger partial charge on any atom is -0.489 e. The third kappa shape index (κ3) is 7.76. The van der Waals surface area contributed by atoms with Crippen LogP contribution in [0, 0.1) is 0 Å². The lowest BCUT2D eigenvalue weighted by Gasteiger charge is -2.29. The number of hydroxylamine groups is 2. The van der Waals surface area contributed by atoms with E-state index in [2.05, 4.69) is 20.1 Å². The number of aromatic nitrogens is 5. The molecule has 2 aromatic carbocycles. The van der Waals surface area contributed by atoms with Gasteiger partial charge in [0.2, 0.25) is 0 Å². The normalized spacial score (nSPS) is 16.9. The van der Waals surface area contributed by atoms with Gasteiger partial charge in [-0.05, 0) is 102 Å². The Balaban J connectivity index is 1.03. The first-order chi connectivity index (χ1) is 21.8. The van der Waals surface area contributed by atoms with Crippen LogP contribution in [0.5, 0.6) is 5.75 Å². The highest BCUT2D eigenvalue weighted by Gasteiger charge is 2.24. The number of fused-ring (bicyclic) bond motifs is 1. The molecular formula is C31H37N7O6S. The molecule has 2 aliphatic rings. The first kappa shape index (κ1) is 30.9. The summed E-state index contributed by atoms with van der Waals surface area (Å²) in [7, 11) is -3.89. The molecule has 1 aliphatic heterocycles. The van der Waals surface area contributed by atoms with Crippen molar-refractivity contribution in [2.45, 2.75) is 68.6 Å². The zero-order chi connectivity index (χ0) is 31.2. The Bertz CT molecular complexity index is 1740. The highest BCUT2D eigenvalue weighted by molar-refractivity contribution is 7.92. The van der Waals surface area contributed by atoms with Gasteiger partial charge in [0.15, 0.2) is 0 Å². The maximum Gasteiger partial charge on any atom is 0.368 e. The van der Waals surface area contributed by atoms with Gasteiger partial charge in [0.05, 0.1) is 36.4 Å². The first-order valence-corrected chi connectivity index (χ1v) is 16.7. The number of benzene rings is 2. The summed E-state index contributed by atoms with van der Waals surface area (Å²) in [5.74, 6) is 0.610. The van der Waals surface area contributed by atoms with Crippen LogP contribution >= 0.6 is 0 Å². The number of hydrogen-bond acceptors (Lipinski definition) is 10. The van der Waals surface area contributed by atoms with Crippen LogP contribution in [0.25, 0.3) is 5.69 Å². The fourth-order valence-electron chi connectivity index (χ4n) is 5.67. The molecule has 6 rings (SSSR count). The summed E-state index contributed by atoms with van der Waals surface area (Å²) >= 11 is 0. The van der Waals surface area contributed by atoms with E-state index in [-0.39, 0.29) is 17.1 Å². The maximum atomic E-state index is 13.2. The Morgan fingerprint density at radius 3 is 2.67 bits per heavy atom. The predicted molar refractivity (Wildman–Crippen MR) is 165 cm³/mol. The molecule has 0 spiro atoms. The largest absolute Gasteiger partial charge is 0.489 e. The van der Waals surface area contributed by atoms with Gasteiger partial charge in [0.1, 0.15) is 11.9 Å². The van der Waals surface area contributed by atoms with E-state index in [1.165, 1.54) is 33.3 Å². The van der Waals surface area contributed by atoms with E-state index in [0.717, 1.165) is 24.0 Å². The topological polar surface area (TPSA) is 154 Å². The van der Waals surface area contributed by atoms with Gasteiger partial charge in [-0.25, -0.2) is 13.2 Å². The molecule has 0 bridgehead atoms. The van der Waals surface area contributed by atoms with E-state index in [0.29, 0.717) is 62.6 Å². The number of hydrogen-bond donors (Lipinski definition) is 2. The highest BCUT2D eigenvalue weighted by Crippen LogP contribution is 2.31. The third-order valence-electron chi connectivity index (χ3n) is 8.13. The highest BCUT2D eigenvalue weighted by atomic mass is 32.2. The van der Waals surface area contributed by atoms with Crippen LogP contribution in [0.3, 0.4) is 0 Å². The zero-order valence-corrected chi connectivity index (χ0v) is 25.7. The van der Waals surface area contributed by atoms with Crippen molar-refractivity contribution in [3.05, 3.63) is 88.6 Å². The molecule has 1 aliphatic carbocycles. The van der Waals surface area contributed by atoms with E-state index >= 15 is 0 Å². The molecule has 14 heteroatoms. The van der Waals surface area contributed by atoms with Crippen molar-refractivity contribution >= 4 is 15.7 Å². The Labute approximate surface area is 261 Å². The maximum absolute atomic E-state index is 13.2. The van der Waals surface area contributed by atoms with Crippen molar-refractivity contribution in [3.8, 4) is 11.4 Å². The van der Waals surface area contributed by atoms with Crippen LogP contribution < -0.4 is 15.1 Å². The minimum absolute atomic E-state index is 0.117. The average Bonchev–Trinajstić information content (AvgIpc) is 3.70. The SMILES string of the molecule is O=c1n(CCOC2CCCC2)nnn1-c1ccc(NS(=O)(=O)c2ccc3c(c2)CC[C@H](CN(O)CCc2cccnc2)O3)cc1. The molecule has 1 fully saturated rings. The molecule has 3 heterocycles. The fraction of sp³-hybridized carbons (Fsp3) is 0.419. The summed E-state index contributed by atoms with van der Waals surface area (Å²) < 4.78 is 43.3. The summed E-state index contributed by atoms with van der Waals surface area (Å²) in [6.07, 6.45) is 9.93. The van der Waals surface area contributed by atoms with E-state index in [9.17, 15) is 18.4 Å². The van der Waals surface area contributed by atoms with Gasteiger partial charge in [-0.15, -0.1) is 0 Å². The second kappa shape index (κ2) is 13.9. The van der Waals surface area contributed by atoms with Crippen molar-refractivity contribution in [1.29, 1.82) is 0 Å². The van der Waals surface area contributed by atoms with Crippen molar-refractivity contribution < 1.29 is 23.1 Å². The van der Waals surface area contributed by atoms with Crippen LogP contribution in [0.2, 0.25) is 0 Å². The lowest BCUT2D eigenvalue weighted by Crippen LogP contribution is -2.36. The molecule has 238 valence electrons. The Kier molecular flexibility index (Phi) is 9.54. The zero-order valence-electron chi connectivity index (χ0n) is 24.9. The number of tetrazole rings is 1. The van der Waals surface area contributed by atoms with E-state index in [1.54, 1.807) is 48.8 Å². The number of aryl methyl sites for hydroxylation is 1. The Hall–Kier alpha value is -4.11. The number of nitrogens with zero attached hydrogens (tertiary/aromatic N) is 6. The summed E-state index contributed by atoms with van der Waals surface area (Å²) in [6, 6.07) is 15.0. The molecule has 45 heavy (non-hydrogen) atoms. The lowest BCUT2D eigenvalue weighted by atomic mass is 10.0. The molecule has 13 nitrogen and oxygen atoms in total. The van der Waals surface area contributed by atoms with Gasteiger partial charge in [0, 0.05) is 24.6 Å². The number of rotatable bonds is 13. The number of sulfonamides is 1. The van der Waals surface area contributed by atoms with Crippen LogP contribution in [-0.4, -0.2) is 75.4 Å². The number of ether oxygens (including phenoxy) is 2. The van der Waals surface area contributed by atoms with E-state index in [4.69, 9.17) is 9.47 Å². The van der Waals surface area contributed by atoms with Crippen LogP contribution in [0.1, 0.15) is 43.2 Å². The van der Waals surface area contributed by atoms with Gasteiger partial charge in [-0.3, -0.25) is 9.71 Å². The molecule has 0 radical (unpaired) electrons. The lowest BCUT2D eigenvalue weighted by molar-refractivity contribution is -0.110. The minimum atomic E-state index is -3.89. The quantitative estimate of drug-likeness (QED) is 0.209. The number of pyridine rings is 1. The molecule has 2 aromatic heterocycles. The second-order valence-electron chi connectivity index (χ2n) is 11.4. The summed E-state index contributed by atoms with van der Waals surface area (Å²) in [6.45, 7) is 1.50. The second-order valence-corrected chi connectivity index (χ2v) is 13.1. The predicted octanol–water partition coefficient (Wildman–Crippen LogP) is 3.21. The molecule has 1 saturated carbocycles. The molecule has 0 unspecified atom stereocenters. The van der Waals surface area contributed by atoms with Gasteiger partial charge < -0.3 is 14.7 Å². The number of nitrogens with one attached hydrogen (secondary N) is 1. The molecule has 2 N–H and O–H groups in total. The van der Waals surface area contributed by atoms with Crippen molar-refractivity contribution in [2.24, 2.45) is 0 Å². The van der Waals surface area contributed by atoms with Crippen LogP contribution in [-0.2, 0) is 34.1 Å². The summed E-state index contributed by atoms with van der Waals surface area (Å²) in [5.41, 5.74) is 2.24. The van der Waals surface area contributed by atoms with Gasteiger partial charge in [0.25, 0.3) is 10.0 Å². The van der Waals surface area contributed by atoms with E-state index in [1.807, 2.05) is 12.1 Å². The van der Waals surface area contributed by atoms with Gasteiger partial charge in [-0.2, -0.15) is 14.4 Å². The fourth-order valence-corrected chi connectivity index (χ4v) is 6.78. The van der Waals surface area contributed by atoms with Crippen LogP contribution in [0.4, 0.5) is 5.69 Å². The average molecular weight is 636 g/mol. The van der Waals surface area contributed by atoms with E-state index < -0.39 is 15.7 Å². The molecule has 0 amide bonds. The Morgan fingerprint density at radius 2 is 1.89 bits per heavy atom. The van der Waals surface area contributed by atoms with Gasteiger partial charge >= 0.3 is 5.69 Å². The van der Waals surface area contributed by atoms with Crippen molar-refractivity contribution in [2.75, 3.05) is 24.4 Å². The molecule has 0 saturated heterocycles. The number of anilines is 1. The van der Waals surface area contributed by atoms with Crippen molar-refractivity contribution in [1.82, 2.24) is 29.8 Å².